The van der Waals surface area contributed by atoms with E-state index in [1.165, 1.54) is 36.3 Å². The van der Waals surface area contributed by atoms with Crippen molar-refractivity contribution in [2.75, 3.05) is 6.54 Å². The van der Waals surface area contributed by atoms with Crippen molar-refractivity contribution in [3.8, 4) is 11.1 Å². The van der Waals surface area contributed by atoms with Gasteiger partial charge in [0.25, 0.3) is 5.56 Å². The average Bonchev–Trinajstić information content (AvgIpc) is 3.35. The van der Waals surface area contributed by atoms with E-state index in [9.17, 15) is 9.18 Å². The molecule has 1 aliphatic carbocycles. The number of H-pyrrole nitrogens is 1. The number of nitrogens with one attached hydrogen (secondary N) is 1. The molecule has 1 N–H and O–H groups in total. The zero-order chi connectivity index (χ0) is 18.3. The number of halogens is 1. The van der Waals surface area contributed by atoms with Crippen molar-refractivity contribution in [1.82, 2.24) is 14.9 Å². The van der Waals surface area contributed by atoms with Gasteiger partial charge in [-0.3, -0.25) is 9.69 Å². The number of fused-ring (bicyclic) bond motifs is 1. The summed E-state index contributed by atoms with van der Waals surface area (Å²) in [5.74, 6) is 1.02. The average molecular weight is 371 g/mol. The summed E-state index contributed by atoms with van der Waals surface area (Å²) in [5, 5.41) is 2.52. The number of aromatic amines is 1. The van der Waals surface area contributed by atoms with Gasteiger partial charge in [0.05, 0.1) is 11.9 Å². The fourth-order valence-electron chi connectivity index (χ4n) is 3.35. The first-order chi connectivity index (χ1) is 12.5. The van der Waals surface area contributed by atoms with Crippen LogP contribution in [-0.4, -0.2) is 27.5 Å². The summed E-state index contributed by atoms with van der Waals surface area (Å²) < 4.78 is 13.2. The van der Waals surface area contributed by atoms with Gasteiger partial charge in [0, 0.05) is 23.5 Å². The van der Waals surface area contributed by atoms with Crippen LogP contribution >= 0.6 is 11.3 Å². The molecule has 0 saturated heterocycles. The third-order valence-electron chi connectivity index (χ3n) is 4.66. The van der Waals surface area contributed by atoms with Gasteiger partial charge in [-0.25, -0.2) is 9.37 Å². The topological polar surface area (TPSA) is 49.0 Å². The molecule has 1 aliphatic rings. The van der Waals surface area contributed by atoms with E-state index in [-0.39, 0.29) is 11.4 Å². The van der Waals surface area contributed by atoms with Crippen LogP contribution in [0.2, 0.25) is 0 Å². The molecule has 0 bridgehead atoms. The van der Waals surface area contributed by atoms with E-state index < -0.39 is 0 Å². The molecular formula is C20H22FN3OS. The molecule has 6 heteroatoms. The lowest BCUT2D eigenvalue weighted by atomic mass is 10.1. The second-order valence-electron chi connectivity index (χ2n) is 7.40. The van der Waals surface area contributed by atoms with Crippen molar-refractivity contribution in [3.05, 3.63) is 51.6 Å². The maximum atomic E-state index is 13.2. The maximum Gasteiger partial charge on any atom is 0.260 e. The molecule has 26 heavy (non-hydrogen) atoms. The van der Waals surface area contributed by atoms with E-state index >= 15 is 0 Å². The third-order valence-corrected chi connectivity index (χ3v) is 5.54. The van der Waals surface area contributed by atoms with Gasteiger partial charge < -0.3 is 4.98 Å². The fraction of sp³-hybridized carbons (Fsp3) is 0.400. The highest BCUT2D eigenvalue weighted by Gasteiger charge is 2.30. The number of thiophene rings is 1. The Morgan fingerprint density at radius 1 is 1.31 bits per heavy atom. The third kappa shape index (κ3) is 3.57. The van der Waals surface area contributed by atoms with Crippen LogP contribution in [0.5, 0.6) is 0 Å². The van der Waals surface area contributed by atoms with Crippen molar-refractivity contribution in [3.63, 3.8) is 0 Å². The second kappa shape index (κ2) is 6.93. The number of hydrogen-bond acceptors (Lipinski definition) is 4. The smallest absolute Gasteiger partial charge is 0.260 e. The zero-order valence-corrected chi connectivity index (χ0v) is 15.8. The summed E-state index contributed by atoms with van der Waals surface area (Å²) in [4.78, 5) is 23.6. The van der Waals surface area contributed by atoms with Gasteiger partial charge in [0.2, 0.25) is 0 Å². The van der Waals surface area contributed by atoms with Crippen molar-refractivity contribution in [1.29, 1.82) is 0 Å². The second-order valence-corrected chi connectivity index (χ2v) is 8.26. The molecule has 1 aromatic carbocycles. The SMILES string of the molecule is CC(C)CN(Cc1nc2scc(-c3ccc(F)cc3)c2c(=O)[nH]1)C1CC1. The van der Waals surface area contributed by atoms with Crippen LogP contribution in [0, 0.1) is 11.7 Å². The van der Waals surface area contributed by atoms with Crippen LogP contribution < -0.4 is 5.56 Å². The van der Waals surface area contributed by atoms with Crippen LogP contribution in [0.4, 0.5) is 4.39 Å². The minimum Gasteiger partial charge on any atom is -0.309 e. The first-order valence-electron chi connectivity index (χ1n) is 9.01. The largest absolute Gasteiger partial charge is 0.309 e. The predicted octanol–water partition coefficient (Wildman–Crippen LogP) is 4.41. The molecule has 2 aromatic heterocycles. The Morgan fingerprint density at radius 3 is 2.69 bits per heavy atom. The zero-order valence-electron chi connectivity index (χ0n) is 15.0. The highest BCUT2D eigenvalue weighted by molar-refractivity contribution is 7.17. The molecule has 0 atom stereocenters. The van der Waals surface area contributed by atoms with Crippen molar-refractivity contribution in [2.45, 2.75) is 39.3 Å². The van der Waals surface area contributed by atoms with E-state index in [0.29, 0.717) is 23.9 Å². The summed E-state index contributed by atoms with van der Waals surface area (Å²) in [6.45, 7) is 6.11. The quantitative estimate of drug-likeness (QED) is 0.698. The Labute approximate surface area is 155 Å². The number of hydrogen-bond donors (Lipinski definition) is 1. The first kappa shape index (κ1) is 17.4. The highest BCUT2D eigenvalue weighted by atomic mass is 32.1. The minimum absolute atomic E-state index is 0.120. The van der Waals surface area contributed by atoms with E-state index in [4.69, 9.17) is 4.98 Å². The summed E-state index contributed by atoms with van der Waals surface area (Å²) in [7, 11) is 0. The fourth-order valence-corrected chi connectivity index (χ4v) is 4.32. The number of aromatic nitrogens is 2. The van der Waals surface area contributed by atoms with Crippen molar-refractivity contribution < 1.29 is 4.39 Å². The van der Waals surface area contributed by atoms with Crippen LogP contribution in [0.15, 0.2) is 34.4 Å². The molecular weight excluding hydrogens is 349 g/mol. The van der Waals surface area contributed by atoms with Gasteiger partial charge in [-0.2, -0.15) is 0 Å². The summed E-state index contributed by atoms with van der Waals surface area (Å²) in [6, 6.07) is 6.84. The van der Waals surface area contributed by atoms with Gasteiger partial charge in [-0.05, 0) is 36.5 Å². The normalized spacial score (nSPS) is 14.7. The monoisotopic (exact) mass is 371 g/mol. The van der Waals surface area contributed by atoms with Crippen LogP contribution in [0.1, 0.15) is 32.5 Å². The molecule has 0 radical (unpaired) electrons. The Morgan fingerprint density at radius 2 is 2.04 bits per heavy atom. The lowest BCUT2D eigenvalue weighted by Crippen LogP contribution is -2.31. The molecule has 3 aromatic rings. The Balaban J connectivity index is 1.67. The molecule has 0 spiro atoms. The molecule has 1 saturated carbocycles. The maximum absolute atomic E-state index is 13.2. The molecule has 0 unspecified atom stereocenters. The number of nitrogens with zero attached hydrogens (tertiary/aromatic N) is 2. The van der Waals surface area contributed by atoms with Gasteiger partial charge >= 0.3 is 0 Å². The van der Waals surface area contributed by atoms with Crippen LogP contribution in [0.3, 0.4) is 0 Å². The standard InChI is InChI=1S/C20H22FN3OS/c1-12(2)9-24(15-7-8-15)10-17-22-19(25)18-16(11-26-20(18)23-17)13-3-5-14(21)6-4-13/h3-6,11-12,15H,7-10H2,1-2H3,(H,22,23,25). The van der Waals surface area contributed by atoms with Gasteiger partial charge in [-0.1, -0.05) is 26.0 Å². The van der Waals surface area contributed by atoms with Crippen molar-refractivity contribution in [2.24, 2.45) is 5.92 Å². The van der Waals surface area contributed by atoms with Gasteiger partial charge in [0.15, 0.2) is 0 Å². The molecule has 4 rings (SSSR count). The van der Waals surface area contributed by atoms with Crippen LogP contribution in [-0.2, 0) is 6.54 Å². The van der Waals surface area contributed by atoms with E-state index in [0.717, 1.165) is 28.3 Å². The molecule has 0 amide bonds. The molecule has 136 valence electrons. The molecule has 2 heterocycles. The Hall–Kier alpha value is -2.05. The van der Waals surface area contributed by atoms with E-state index in [1.54, 1.807) is 12.1 Å². The van der Waals surface area contributed by atoms with Crippen LogP contribution in [0.25, 0.3) is 21.3 Å². The summed E-state index contributed by atoms with van der Waals surface area (Å²) in [6.07, 6.45) is 2.46. The Bertz CT molecular complexity index is 973. The lowest BCUT2D eigenvalue weighted by Gasteiger charge is -2.23. The number of rotatable bonds is 6. The summed E-state index contributed by atoms with van der Waals surface area (Å²) in [5.41, 5.74) is 1.52. The van der Waals surface area contributed by atoms with Gasteiger partial charge in [-0.15, -0.1) is 11.3 Å². The number of benzene rings is 1. The Kier molecular flexibility index (Phi) is 4.63. The molecule has 0 aliphatic heterocycles. The predicted molar refractivity (Wildman–Crippen MR) is 104 cm³/mol. The molecule has 1 fully saturated rings. The highest BCUT2D eigenvalue weighted by Crippen LogP contribution is 2.32. The first-order valence-corrected chi connectivity index (χ1v) is 9.89. The molecule has 4 nitrogen and oxygen atoms in total. The van der Waals surface area contributed by atoms with Gasteiger partial charge in [0.1, 0.15) is 16.5 Å². The van der Waals surface area contributed by atoms with E-state index in [1.807, 2.05) is 5.38 Å². The minimum atomic E-state index is -0.284. The van der Waals surface area contributed by atoms with E-state index in [2.05, 4.69) is 23.7 Å². The summed E-state index contributed by atoms with van der Waals surface area (Å²) >= 11 is 1.46. The van der Waals surface area contributed by atoms with Crippen molar-refractivity contribution >= 4 is 21.6 Å². The lowest BCUT2D eigenvalue weighted by molar-refractivity contribution is 0.221.